The van der Waals surface area contributed by atoms with E-state index >= 15 is 0 Å². The van der Waals surface area contributed by atoms with E-state index in [1.807, 2.05) is 6.07 Å². The number of rotatable bonds is 18. The summed E-state index contributed by atoms with van der Waals surface area (Å²) in [5.74, 6) is -2.45. The van der Waals surface area contributed by atoms with Crippen LogP contribution in [-0.4, -0.2) is 80.8 Å². The number of benzene rings is 3. The van der Waals surface area contributed by atoms with Gasteiger partial charge >= 0.3 is 11.9 Å². The number of ether oxygens (including phenoxy) is 1. The molecule has 0 atom stereocenters. The summed E-state index contributed by atoms with van der Waals surface area (Å²) in [4.78, 5) is 69.2. The number of hydrogen-bond donors (Lipinski definition) is 4. The number of likely N-dealkylation sites (N-methyl/N-ethyl adjacent to an activating group) is 1. The van der Waals surface area contributed by atoms with Crippen molar-refractivity contribution in [3.63, 3.8) is 0 Å². The van der Waals surface area contributed by atoms with Gasteiger partial charge in [-0.1, -0.05) is 37.6 Å². The Morgan fingerprint density at radius 2 is 1.45 bits per heavy atom. The number of nitrogens with one attached hydrogen (secondary N) is 2. The van der Waals surface area contributed by atoms with Gasteiger partial charge in [0, 0.05) is 50.4 Å². The maximum absolute atomic E-state index is 13.5. The van der Waals surface area contributed by atoms with E-state index in [-0.39, 0.29) is 46.9 Å². The highest BCUT2D eigenvalue weighted by Gasteiger charge is 2.21. The number of carbonyl (C=O) groups excluding carboxylic acids is 3. The third-order valence-corrected chi connectivity index (χ3v) is 8.72. The maximum atomic E-state index is 13.5. The molecule has 0 radical (unpaired) electrons. The standard InChI is InChI=1S/C39H42ClN5O8/c1-4-29(5-2)45(22-21-44(3)34(46)19-20-35(47)48)24-25-7-6-8-27(23-25)37(49)42-32-17-18-33(40)43-36(32)38(50)41-28-11-15-31(16-12-28)53-30-13-9-26(10-14-30)39(51)52/h6-18,23,29H,4-5,19-22,24H2,1-3H3,(H,41,50)(H,42,49)(H,47,48)(H,51,52). The zero-order chi connectivity index (χ0) is 38.5. The summed E-state index contributed by atoms with van der Waals surface area (Å²) < 4.78 is 5.76. The minimum absolute atomic E-state index is 0.0569. The quantitative estimate of drug-likeness (QED) is 0.0773. The molecule has 0 bridgehead atoms. The van der Waals surface area contributed by atoms with Crippen molar-refractivity contribution in [2.45, 2.75) is 52.1 Å². The van der Waals surface area contributed by atoms with E-state index < -0.39 is 23.8 Å². The summed E-state index contributed by atoms with van der Waals surface area (Å²) in [6, 6.07) is 22.8. The molecule has 0 saturated carbocycles. The van der Waals surface area contributed by atoms with E-state index in [4.69, 9.17) is 26.6 Å². The van der Waals surface area contributed by atoms with Crippen LogP contribution in [0.4, 0.5) is 11.4 Å². The SMILES string of the molecule is CCC(CC)N(CCN(C)C(=O)CCC(=O)O)Cc1cccc(C(=O)Nc2ccc(Cl)nc2C(=O)Nc2ccc(Oc3ccc(C(=O)O)cc3)cc2)c1. The molecule has 14 heteroatoms. The van der Waals surface area contributed by atoms with Gasteiger partial charge < -0.3 is 30.5 Å². The predicted molar refractivity (Wildman–Crippen MR) is 201 cm³/mol. The fourth-order valence-corrected chi connectivity index (χ4v) is 5.70. The van der Waals surface area contributed by atoms with E-state index in [1.165, 1.54) is 24.3 Å². The van der Waals surface area contributed by atoms with Gasteiger partial charge in [0.1, 0.15) is 16.7 Å². The number of aromatic nitrogens is 1. The van der Waals surface area contributed by atoms with Gasteiger partial charge in [0.25, 0.3) is 11.8 Å². The molecule has 0 aliphatic carbocycles. The average molecular weight is 744 g/mol. The smallest absolute Gasteiger partial charge is 0.335 e. The van der Waals surface area contributed by atoms with Crippen LogP contribution < -0.4 is 15.4 Å². The second kappa shape index (κ2) is 19.2. The Labute approximate surface area is 312 Å². The molecule has 53 heavy (non-hydrogen) atoms. The lowest BCUT2D eigenvalue weighted by molar-refractivity contribution is -0.140. The zero-order valence-corrected chi connectivity index (χ0v) is 30.4. The number of aliphatic carboxylic acids is 1. The van der Waals surface area contributed by atoms with Crippen LogP contribution in [0.25, 0.3) is 0 Å². The van der Waals surface area contributed by atoms with Crippen molar-refractivity contribution in [3.05, 3.63) is 112 Å². The average Bonchev–Trinajstić information content (AvgIpc) is 3.14. The number of carbonyl (C=O) groups is 5. The molecular formula is C39H42ClN5O8. The normalized spacial score (nSPS) is 10.9. The summed E-state index contributed by atoms with van der Waals surface area (Å²) in [6.45, 7) is 5.69. The lowest BCUT2D eigenvalue weighted by Crippen LogP contribution is -2.41. The molecule has 0 aliphatic heterocycles. The van der Waals surface area contributed by atoms with Gasteiger partial charge in [-0.05, 0) is 91.2 Å². The van der Waals surface area contributed by atoms with Gasteiger partial charge in [-0.3, -0.25) is 24.1 Å². The first-order valence-electron chi connectivity index (χ1n) is 17.1. The molecule has 13 nitrogen and oxygen atoms in total. The van der Waals surface area contributed by atoms with E-state index in [0.717, 1.165) is 18.4 Å². The van der Waals surface area contributed by atoms with Crippen LogP contribution in [0.5, 0.6) is 11.5 Å². The first-order chi connectivity index (χ1) is 25.4. The van der Waals surface area contributed by atoms with Crippen molar-refractivity contribution in [2.75, 3.05) is 30.8 Å². The first kappa shape index (κ1) is 40.0. The molecule has 3 amide bonds. The number of halogens is 1. The van der Waals surface area contributed by atoms with Gasteiger partial charge in [-0.25, -0.2) is 9.78 Å². The fraction of sp³-hybridized carbons (Fsp3) is 0.282. The second-order valence-electron chi connectivity index (χ2n) is 12.2. The highest BCUT2D eigenvalue weighted by molar-refractivity contribution is 6.29. The summed E-state index contributed by atoms with van der Waals surface area (Å²) in [5.41, 5.74) is 1.86. The molecule has 278 valence electrons. The highest BCUT2D eigenvalue weighted by atomic mass is 35.5. The lowest BCUT2D eigenvalue weighted by atomic mass is 10.1. The Balaban J connectivity index is 1.42. The maximum Gasteiger partial charge on any atom is 0.335 e. The lowest BCUT2D eigenvalue weighted by Gasteiger charge is -2.32. The van der Waals surface area contributed by atoms with E-state index in [2.05, 4.69) is 34.4 Å². The Morgan fingerprint density at radius 1 is 0.792 bits per heavy atom. The molecule has 4 aromatic rings. The van der Waals surface area contributed by atoms with Crippen molar-refractivity contribution in [2.24, 2.45) is 0 Å². The van der Waals surface area contributed by atoms with Crippen LogP contribution in [0, 0.1) is 0 Å². The Morgan fingerprint density at radius 3 is 2.08 bits per heavy atom. The summed E-state index contributed by atoms with van der Waals surface area (Å²) in [6.07, 6.45) is 1.49. The molecule has 0 spiro atoms. The molecule has 0 unspecified atom stereocenters. The van der Waals surface area contributed by atoms with E-state index in [1.54, 1.807) is 66.5 Å². The molecule has 4 rings (SSSR count). The Hall–Kier alpha value is -5.79. The van der Waals surface area contributed by atoms with Crippen LogP contribution in [0.1, 0.15) is 76.3 Å². The topological polar surface area (TPSA) is 178 Å². The zero-order valence-electron chi connectivity index (χ0n) is 29.7. The Bertz CT molecular complexity index is 1920. The molecule has 0 saturated heterocycles. The van der Waals surface area contributed by atoms with Crippen LogP contribution >= 0.6 is 11.6 Å². The van der Waals surface area contributed by atoms with Crippen LogP contribution in [-0.2, 0) is 16.1 Å². The van der Waals surface area contributed by atoms with Crippen LogP contribution in [0.15, 0.2) is 84.9 Å². The van der Waals surface area contributed by atoms with Gasteiger partial charge in [0.05, 0.1) is 17.7 Å². The number of aromatic carboxylic acids is 1. The van der Waals surface area contributed by atoms with Crippen molar-refractivity contribution in [1.29, 1.82) is 0 Å². The third kappa shape index (κ3) is 11.9. The Kier molecular flexibility index (Phi) is 14.5. The largest absolute Gasteiger partial charge is 0.481 e. The van der Waals surface area contributed by atoms with Gasteiger partial charge in [-0.2, -0.15) is 0 Å². The van der Waals surface area contributed by atoms with Crippen molar-refractivity contribution in [1.82, 2.24) is 14.8 Å². The predicted octanol–water partition coefficient (Wildman–Crippen LogP) is 7.04. The minimum atomic E-state index is -1.04. The van der Waals surface area contributed by atoms with Crippen molar-refractivity contribution in [3.8, 4) is 11.5 Å². The molecule has 0 fully saturated rings. The van der Waals surface area contributed by atoms with Crippen LogP contribution in [0.2, 0.25) is 5.15 Å². The van der Waals surface area contributed by atoms with Gasteiger partial charge in [-0.15, -0.1) is 0 Å². The van der Waals surface area contributed by atoms with Gasteiger partial charge in [0.2, 0.25) is 5.91 Å². The number of amides is 3. The molecule has 1 aromatic heterocycles. The highest BCUT2D eigenvalue weighted by Crippen LogP contribution is 2.25. The van der Waals surface area contributed by atoms with E-state index in [0.29, 0.717) is 42.4 Å². The number of hydrogen-bond acceptors (Lipinski definition) is 8. The number of nitrogens with zero attached hydrogens (tertiary/aromatic N) is 3. The van der Waals surface area contributed by atoms with E-state index in [9.17, 15) is 24.0 Å². The summed E-state index contributed by atoms with van der Waals surface area (Å²) >= 11 is 6.15. The second-order valence-corrected chi connectivity index (χ2v) is 12.6. The number of anilines is 2. The molecule has 3 aromatic carbocycles. The number of pyridine rings is 1. The molecule has 4 N–H and O–H groups in total. The molecule has 1 heterocycles. The van der Waals surface area contributed by atoms with Crippen molar-refractivity contribution < 1.29 is 38.9 Å². The molecular weight excluding hydrogens is 702 g/mol. The molecule has 0 aliphatic rings. The first-order valence-corrected chi connectivity index (χ1v) is 17.4. The van der Waals surface area contributed by atoms with Gasteiger partial charge in [0.15, 0.2) is 5.69 Å². The van der Waals surface area contributed by atoms with Crippen LogP contribution in [0.3, 0.4) is 0 Å². The number of carboxylic acid groups (broad SMARTS) is 2. The fourth-order valence-electron chi connectivity index (χ4n) is 5.55. The van der Waals surface area contributed by atoms with Crippen molar-refractivity contribution >= 4 is 52.6 Å². The summed E-state index contributed by atoms with van der Waals surface area (Å²) in [5, 5.41) is 23.6. The minimum Gasteiger partial charge on any atom is -0.481 e. The summed E-state index contributed by atoms with van der Waals surface area (Å²) in [7, 11) is 1.67. The monoisotopic (exact) mass is 743 g/mol. The number of carboxylic acids is 2. The third-order valence-electron chi connectivity index (χ3n) is 8.51.